The smallest absolute Gasteiger partial charge is 0.340 e. The lowest BCUT2D eigenvalue weighted by Gasteiger charge is -2.17. The average Bonchev–Trinajstić information content (AvgIpc) is 2.98. The molecule has 0 unspecified atom stereocenters. The summed E-state index contributed by atoms with van der Waals surface area (Å²) >= 11 is 7.95. The maximum absolute atomic E-state index is 12.0. The largest absolute Gasteiger partial charge is 0.434 e. The van der Waals surface area contributed by atoms with E-state index in [2.05, 4.69) is 5.32 Å². The third-order valence-corrected chi connectivity index (χ3v) is 5.69. The molecule has 26 heavy (non-hydrogen) atoms. The number of nitrogens with one attached hydrogen (secondary N) is 1. The molecule has 3 aromatic rings. The predicted molar refractivity (Wildman–Crippen MR) is 106 cm³/mol. The first kappa shape index (κ1) is 17.0. The zero-order valence-corrected chi connectivity index (χ0v) is 15.4. The molecule has 1 heterocycles. The number of esters is 1. The van der Waals surface area contributed by atoms with Crippen molar-refractivity contribution in [2.45, 2.75) is 16.9 Å². The fourth-order valence-corrected chi connectivity index (χ4v) is 4.18. The van der Waals surface area contributed by atoms with E-state index in [0.717, 1.165) is 32.5 Å². The Morgan fingerprint density at radius 3 is 2.58 bits per heavy atom. The Morgan fingerprint density at radius 1 is 0.962 bits per heavy atom. The van der Waals surface area contributed by atoms with Gasteiger partial charge in [-0.15, -0.1) is 11.8 Å². The van der Waals surface area contributed by atoms with Gasteiger partial charge in [0.25, 0.3) is 0 Å². The summed E-state index contributed by atoms with van der Waals surface area (Å²) in [5, 5.41) is 4.12. The number of cyclic esters (lactones) is 1. The third-order valence-electron chi connectivity index (χ3n) is 4.20. The molecular weight excluding hydrogens is 366 g/mol. The van der Waals surface area contributed by atoms with E-state index < -0.39 is 6.23 Å². The van der Waals surface area contributed by atoms with Crippen molar-refractivity contribution in [1.82, 2.24) is 0 Å². The highest BCUT2D eigenvalue weighted by atomic mass is 35.5. The number of carbonyl (C=O) groups is 1. The van der Waals surface area contributed by atoms with Crippen LogP contribution in [0.4, 0.5) is 5.69 Å². The van der Waals surface area contributed by atoms with E-state index in [4.69, 9.17) is 16.3 Å². The van der Waals surface area contributed by atoms with Crippen molar-refractivity contribution in [1.29, 1.82) is 0 Å². The molecule has 0 bridgehead atoms. The van der Waals surface area contributed by atoms with Crippen LogP contribution in [0, 0.1) is 0 Å². The topological polar surface area (TPSA) is 38.3 Å². The van der Waals surface area contributed by atoms with E-state index in [9.17, 15) is 4.79 Å². The van der Waals surface area contributed by atoms with Crippen molar-refractivity contribution in [2.24, 2.45) is 0 Å². The van der Waals surface area contributed by atoms with Gasteiger partial charge in [-0.05, 0) is 29.8 Å². The van der Waals surface area contributed by atoms with Crippen LogP contribution in [0.25, 0.3) is 0 Å². The number of benzene rings is 3. The van der Waals surface area contributed by atoms with Crippen molar-refractivity contribution in [3.05, 3.63) is 94.5 Å². The number of fused-ring (bicyclic) bond motifs is 1. The number of thioether (sulfide) groups is 1. The number of ether oxygens (including phenoxy) is 1. The summed E-state index contributed by atoms with van der Waals surface area (Å²) in [6, 6.07) is 23.3. The molecule has 0 radical (unpaired) electrons. The third kappa shape index (κ3) is 3.43. The summed E-state index contributed by atoms with van der Waals surface area (Å²) in [6.45, 7) is 0. The molecule has 3 aromatic carbocycles. The highest BCUT2D eigenvalue weighted by molar-refractivity contribution is 7.98. The lowest BCUT2D eigenvalue weighted by atomic mass is 10.1. The van der Waals surface area contributed by atoms with Crippen LogP contribution in [0.2, 0.25) is 5.02 Å². The highest BCUT2D eigenvalue weighted by Gasteiger charge is 2.30. The van der Waals surface area contributed by atoms with Gasteiger partial charge < -0.3 is 10.1 Å². The second-order valence-corrected chi connectivity index (χ2v) is 7.32. The number of para-hydroxylation sites is 1. The van der Waals surface area contributed by atoms with Crippen molar-refractivity contribution >= 4 is 35.0 Å². The molecule has 1 atom stereocenters. The second-order valence-electron chi connectivity index (χ2n) is 5.89. The summed E-state index contributed by atoms with van der Waals surface area (Å²) in [5.74, 6) is 0.471. The van der Waals surface area contributed by atoms with Crippen LogP contribution in [0.1, 0.15) is 27.7 Å². The van der Waals surface area contributed by atoms with Gasteiger partial charge in [0.15, 0.2) is 0 Å². The average molecular weight is 382 g/mol. The van der Waals surface area contributed by atoms with Gasteiger partial charge in [0.1, 0.15) is 0 Å². The van der Waals surface area contributed by atoms with Crippen LogP contribution >= 0.6 is 23.4 Å². The van der Waals surface area contributed by atoms with Crippen LogP contribution in [0.3, 0.4) is 0 Å². The summed E-state index contributed by atoms with van der Waals surface area (Å²) in [5.41, 5.74) is 3.50. The Hall–Kier alpha value is -2.43. The highest BCUT2D eigenvalue weighted by Crippen LogP contribution is 2.36. The Bertz CT molecular complexity index is 960. The Kier molecular flexibility index (Phi) is 4.87. The minimum absolute atomic E-state index is 0.292. The predicted octanol–water partition coefficient (Wildman–Crippen LogP) is 5.91. The van der Waals surface area contributed by atoms with Crippen molar-refractivity contribution in [3.8, 4) is 0 Å². The number of hydrogen-bond donors (Lipinski definition) is 1. The zero-order valence-electron chi connectivity index (χ0n) is 13.8. The van der Waals surface area contributed by atoms with Crippen LogP contribution in [-0.4, -0.2) is 5.97 Å². The lowest BCUT2D eigenvalue weighted by Crippen LogP contribution is -2.10. The normalized spacial score (nSPS) is 15.4. The number of anilines is 1. The molecule has 0 saturated carbocycles. The monoisotopic (exact) mass is 381 g/mol. The Morgan fingerprint density at radius 2 is 1.69 bits per heavy atom. The fraction of sp³-hybridized carbons (Fsp3) is 0.0952. The molecule has 1 aliphatic heterocycles. The molecule has 5 heteroatoms. The molecule has 4 rings (SSSR count). The zero-order chi connectivity index (χ0) is 17.9. The number of hydrogen-bond acceptors (Lipinski definition) is 4. The van der Waals surface area contributed by atoms with E-state index in [1.54, 1.807) is 17.8 Å². The molecule has 0 saturated heterocycles. The molecule has 0 amide bonds. The van der Waals surface area contributed by atoms with Gasteiger partial charge in [0.05, 0.1) is 11.3 Å². The van der Waals surface area contributed by atoms with Gasteiger partial charge in [-0.2, -0.15) is 0 Å². The molecule has 0 aliphatic carbocycles. The molecule has 130 valence electrons. The molecule has 0 aromatic heterocycles. The summed E-state index contributed by atoms with van der Waals surface area (Å²) in [4.78, 5) is 13.1. The Balaban J connectivity index is 1.54. The van der Waals surface area contributed by atoms with Crippen LogP contribution < -0.4 is 5.32 Å². The molecule has 0 fully saturated rings. The van der Waals surface area contributed by atoms with Gasteiger partial charge >= 0.3 is 5.97 Å². The first-order chi connectivity index (χ1) is 12.7. The van der Waals surface area contributed by atoms with Gasteiger partial charge in [0, 0.05) is 21.2 Å². The SMILES string of the molecule is O=C1O[C@@H](Nc2ccccc2SCc2ccccc2Cl)c2ccccc21. The maximum Gasteiger partial charge on any atom is 0.340 e. The molecule has 1 N–H and O–H groups in total. The maximum atomic E-state index is 12.0. The number of halogens is 1. The lowest BCUT2D eigenvalue weighted by molar-refractivity contribution is 0.0437. The van der Waals surface area contributed by atoms with Crippen molar-refractivity contribution < 1.29 is 9.53 Å². The van der Waals surface area contributed by atoms with Gasteiger partial charge in [-0.25, -0.2) is 4.79 Å². The summed E-state index contributed by atoms with van der Waals surface area (Å²) in [6.07, 6.45) is -0.472. The number of rotatable bonds is 5. The van der Waals surface area contributed by atoms with Crippen molar-refractivity contribution in [3.63, 3.8) is 0 Å². The van der Waals surface area contributed by atoms with Crippen LogP contribution in [0.5, 0.6) is 0 Å². The molecule has 1 aliphatic rings. The van der Waals surface area contributed by atoms with Gasteiger partial charge in [-0.3, -0.25) is 0 Å². The summed E-state index contributed by atoms with van der Waals surface area (Å²) in [7, 11) is 0. The fourth-order valence-electron chi connectivity index (χ4n) is 2.88. The second kappa shape index (κ2) is 7.44. The first-order valence-electron chi connectivity index (χ1n) is 8.24. The van der Waals surface area contributed by atoms with Crippen LogP contribution in [0.15, 0.2) is 77.7 Å². The van der Waals surface area contributed by atoms with Gasteiger partial charge in [-0.1, -0.05) is 60.1 Å². The number of carbonyl (C=O) groups excluding carboxylic acids is 1. The van der Waals surface area contributed by atoms with Crippen molar-refractivity contribution in [2.75, 3.05) is 5.32 Å². The van der Waals surface area contributed by atoms with E-state index in [1.165, 1.54) is 0 Å². The van der Waals surface area contributed by atoms with E-state index in [0.29, 0.717) is 5.56 Å². The quantitative estimate of drug-likeness (QED) is 0.440. The van der Waals surface area contributed by atoms with Crippen LogP contribution in [-0.2, 0) is 10.5 Å². The minimum Gasteiger partial charge on any atom is -0.434 e. The van der Waals surface area contributed by atoms with E-state index in [1.807, 2.05) is 66.7 Å². The Labute approximate surface area is 161 Å². The van der Waals surface area contributed by atoms with Gasteiger partial charge in [0.2, 0.25) is 6.23 Å². The van der Waals surface area contributed by atoms with E-state index >= 15 is 0 Å². The standard InChI is InChI=1S/C21H16ClNO2S/c22-17-10-4-1-7-14(17)13-26-19-12-6-5-11-18(19)23-20-15-8-2-3-9-16(15)21(24)25-20/h1-12,20,23H,13H2/t20-/m1/s1. The molecular formula is C21H16ClNO2S. The minimum atomic E-state index is -0.472. The van der Waals surface area contributed by atoms with E-state index in [-0.39, 0.29) is 5.97 Å². The first-order valence-corrected chi connectivity index (χ1v) is 9.60. The summed E-state index contributed by atoms with van der Waals surface area (Å²) < 4.78 is 5.49. The molecule has 0 spiro atoms. The molecule has 3 nitrogen and oxygen atoms in total.